The summed E-state index contributed by atoms with van der Waals surface area (Å²) < 4.78 is 0. The molecular formula is C13H11N3O3. The molecule has 6 heteroatoms. The normalized spacial score (nSPS) is 10.5. The van der Waals surface area contributed by atoms with Crippen molar-refractivity contribution in [3.8, 4) is 5.75 Å². The van der Waals surface area contributed by atoms with Crippen LogP contribution in [0.2, 0.25) is 0 Å². The number of nitro benzene ring substituents is 1. The molecule has 0 spiro atoms. The zero-order chi connectivity index (χ0) is 13.7. The number of nitro groups is 1. The number of nitrogens with one attached hydrogen (secondary N) is 1. The number of phenols is 1. The number of nitrogens with zero attached hydrogens (tertiary/aromatic N) is 2. The molecule has 0 saturated heterocycles. The van der Waals surface area contributed by atoms with Gasteiger partial charge in [-0.15, -0.1) is 0 Å². The Labute approximate surface area is 109 Å². The smallest absolute Gasteiger partial charge is 0.294 e. The van der Waals surface area contributed by atoms with E-state index in [9.17, 15) is 10.1 Å². The number of hydrazone groups is 1. The summed E-state index contributed by atoms with van der Waals surface area (Å²) in [5, 5.41) is 23.8. The van der Waals surface area contributed by atoms with Gasteiger partial charge in [0.2, 0.25) is 0 Å². The third-order valence-corrected chi connectivity index (χ3v) is 2.39. The third kappa shape index (κ3) is 3.29. The molecule has 0 aliphatic heterocycles. The maximum Gasteiger partial charge on any atom is 0.294 e. The average molecular weight is 257 g/mol. The van der Waals surface area contributed by atoms with Crippen LogP contribution in [0.1, 0.15) is 5.56 Å². The molecule has 2 N–H and O–H groups in total. The lowest BCUT2D eigenvalue weighted by Gasteiger charge is -2.01. The summed E-state index contributed by atoms with van der Waals surface area (Å²) >= 11 is 0. The number of phenolic OH excluding ortho intramolecular Hbond substituents is 1. The van der Waals surface area contributed by atoms with Crippen molar-refractivity contribution >= 4 is 17.6 Å². The lowest BCUT2D eigenvalue weighted by Crippen LogP contribution is -1.96. The molecule has 0 amide bonds. The van der Waals surface area contributed by atoms with Gasteiger partial charge in [-0.3, -0.25) is 15.5 Å². The van der Waals surface area contributed by atoms with Gasteiger partial charge < -0.3 is 5.11 Å². The molecule has 0 atom stereocenters. The summed E-state index contributed by atoms with van der Waals surface area (Å²) in [6.07, 6.45) is 1.51. The van der Waals surface area contributed by atoms with Crippen molar-refractivity contribution in [1.82, 2.24) is 0 Å². The first-order chi connectivity index (χ1) is 9.16. The molecule has 0 unspecified atom stereocenters. The van der Waals surface area contributed by atoms with Crippen LogP contribution in [-0.4, -0.2) is 16.2 Å². The van der Waals surface area contributed by atoms with E-state index in [1.165, 1.54) is 24.4 Å². The van der Waals surface area contributed by atoms with E-state index >= 15 is 0 Å². The van der Waals surface area contributed by atoms with E-state index in [2.05, 4.69) is 10.5 Å². The van der Waals surface area contributed by atoms with Crippen LogP contribution >= 0.6 is 0 Å². The molecule has 0 heterocycles. The van der Waals surface area contributed by atoms with E-state index in [0.29, 0.717) is 5.69 Å². The molecule has 0 aliphatic rings. The minimum absolute atomic E-state index is 0.0367. The topological polar surface area (TPSA) is 87.8 Å². The minimum atomic E-state index is -0.474. The van der Waals surface area contributed by atoms with Crippen LogP contribution in [0.15, 0.2) is 53.6 Å². The van der Waals surface area contributed by atoms with Crippen LogP contribution in [0, 0.1) is 10.1 Å². The fourth-order valence-electron chi connectivity index (χ4n) is 1.46. The molecule has 0 fully saturated rings. The maximum atomic E-state index is 10.8. The van der Waals surface area contributed by atoms with Gasteiger partial charge in [-0.2, -0.15) is 5.10 Å². The van der Waals surface area contributed by atoms with Crippen LogP contribution in [0.3, 0.4) is 0 Å². The Morgan fingerprint density at radius 3 is 2.53 bits per heavy atom. The Balaban J connectivity index is 2.10. The van der Waals surface area contributed by atoms with Crippen LogP contribution in [0.4, 0.5) is 11.4 Å². The molecule has 2 aromatic carbocycles. The Kier molecular flexibility index (Phi) is 3.72. The summed E-state index contributed by atoms with van der Waals surface area (Å²) in [5.74, 6) is 0.170. The lowest BCUT2D eigenvalue weighted by atomic mass is 10.2. The van der Waals surface area contributed by atoms with Gasteiger partial charge in [0.1, 0.15) is 11.4 Å². The number of benzene rings is 2. The predicted octanol–water partition coefficient (Wildman–Crippen LogP) is 2.75. The Morgan fingerprint density at radius 2 is 1.84 bits per heavy atom. The van der Waals surface area contributed by atoms with Gasteiger partial charge in [-0.25, -0.2) is 0 Å². The van der Waals surface area contributed by atoms with E-state index < -0.39 is 4.92 Å². The Hall–Kier alpha value is -2.89. The highest BCUT2D eigenvalue weighted by atomic mass is 16.6. The van der Waals surface area contributed by atoms with Gasteiger partial charge in [-0.05, 0) is 35.9 Å². The number of hydrogen-bond acceptors (Lipinski definition) is 5. The Morgan fingerprint density at radius 1 is 1.16 bits per heavy atom. The quantitative estimate of drug-likeness (QED) is 0.500. The minimum Gasteiger partial charge on any atom is -0.508 e. The standard InChI is InChI=1S/C13H11N3O3/c17-11-7-5-10(6-8-11)9-14-15-12-3-1-2-4-13(12)16(18)19/h1-9,15,17H/b14-9+. The number of para-hydroxylation sites is 2. The fourth-order valence-corrected chi connectivity index (χ4v) is 1.46. The van der Waals surface area contributed by atoms with Crippen LogP contribution in [0.5, 0.6) is 5.75 Å². The van der Waals surface area contributed by atoms with E-state index in [-0.39, 0.29) is 11.4 Å². The van der Waals surface area contributed by atoms with Crippen molar-refractivity contribution in [3.05, 3.63) is 64.2 Å². The van der Waals surface area contributed by atoms with Crippen LogP contribution in [0.25, 0.3) is 0 Å². The average Bonchev–Trinajstić information content (AvgIpc) is 2.41. The first-order valence-corrected chi connectivity index (χ1v) is 5.48. The zero-order valence-electron chi connectivity index (χ0n) is 9.85. The molecule has 19 heavy (non-hydrogen) atoms. The third-order valence-electron chi connectivity index (χ3n) is 2.39. The second-order valence-corrected chi connectivity index (χ2v) is 3.74. The maximum absolute atomic E-state index is 10.8. The van der Waals surface area contributed by atoms with Crippen molar-refractivity contribution in [1.29, 1.82) is 0 Å². The molecule has 0 radical (unpaired) electrons. The molecular weight excluding hydrogens is 246 g/mol. The summed E-state index contributed by atoms with van der Waals surface area (Å²) in [7, 11) is 0. The highest BCUT2D eigenvalue weighted by molar-refractivity contribution is 5.80. The van der Waals surface area contributed by atoms with Gasteiger partial charge >= 0.3 is 0 Å². The second kappa shape index (κ2) is 5.63. The molecule has 2 rings (SSSR count). The molecule has 2 aromatic rings. The van der Waals surface area contributed by atoms with Crippen LogP contribution in [-0.2, 0) is 0 Å². The summed E-state index contributed by atoms with van der Waals surface area (Å²) in [4.78, 5) is 10.3. The van der Waals surface area contributed by atoms with Crippen molar-refractivity contribution in [3.63, 3.8) is 0 Å². The molecule has 0 aliphatic carbocycles. The zero-order valence-corrected chi connectivity index (χ0v) is 9.85. The monoisotopic (exact) mass is 257 g/mol. The van der Waals surface area contributed by atoms with E-state index in [0.717, 1.165) is 5.56 Å². The highest BCUT2D eigenvalue weighted by Crippen LogP contribution is 2.22. The van der Waals surface area contributed by atoms with Gasteiger partial charge in [-0.1, -0.05) is 12.1 Å². The number of hydrogen-bond donors (Lipinski definition) is 2. The Bertz CT molecular complexity index is 609. The summed E-state index contributed by atoms with van der Waals surface area (Å²) in [6.45, 7) is 0. The van der Waals surface area contributed by atoms with Crippen molar-refractivity contribution in [2.24, 2.45) is 5.10 Å². The molecule has 0 bridgehead atoms. The fraction of sp³-hybridized carbons (Fsp3) is 0. The van der Waals surface area contributed by atoms with E-state index in [4.69, 9.17) is 5.11 Å². The van der Waals surface area contributed by atoms with Gasteiger partial charge in [0, 0.05) is 6.07 Å². The molecule has 0 aromatic heterocycles. The molecule has 0 saturated carbocycles. The number of aromatic hydroxyl groups is 1. The first kappa shape index (κ1) is 12.6. The van der Waals surface area contributed by atoms with E-state index in [1.807, 2.05) is 0 Å². The second-order valence-electron chi connectivity index (χ2n) is 3.74. The molecule has 6 nitrogen and oxygen atoms in total. The van der Waals surface area contributed by atoms with Gasteiger partial charge in [0.15, 0.2) is 0 Å². The number of anilines is 1. The largest absolute Gasteiger partial charge is 0.508 e. The molecule has 96 valence electrons. The lowest BCUT2D eigenvalue weighted by molar-refractivity contribution is -0.384. The van der Waals surface area contributed by atoms with Gasteiger partial charge in [0.05, 0.1) is 11.1 Å². The highest BCUT2D eigenvalue weighted by Gasteiger charge is 2.10. The SMILES string of the molecule is O=[N+]([O-])c1ccccc1N/N=C/c1ccc(O)cc1. The number of rotatable bonds is 4. The summed E-state index contributed by atoms with van der Waals surface area (Å²) in [5.41, 5.74) is 3.68. The summed E-state index contributed by atoms with van der Waals surface area (Å²) in [6, 6.07) is 12.7. The van der Waals surface area contributed by atoms with Crippen molar-refractivity contribution in [2.75, 3.05) is 5.43 Å². The van der Waals surface area contributed by atoms with Crippen LogP contribution < -0.4 is 5.43 Å². The first-order valence-electron chi connectivity index (χ1n) is 5.48. The van der Waals surface area contributed by atoms with Crippen molar-refractivity contribution < 1.29 is 10.0 Å². The predicted molar refractivity (Wildman–Crippen MR) is 72.4 cm³/mol. The van der Waals surface area contributed by atoms with Gasteiger partial charge in [0.25, 0.3) is 5.69 Å². The van der Waals surface area contributed by atoms with E-state index in [1.54, 1.807) is 30.3 Å². The van der Waals surface area contributed by atoms with Crippen molar-refractivity contribution in [2.45, 2.75) is 0 Å².